The number of unbranched alkanes of at least 4 members (excludes halogenated alkanes) is 23. The number of ether oxygens (including phenoxy) is 1. The Morgan fingerprint density at radius 2 is 0.912 bits per heavy atom. The van der Waals surface area contributed by atoms with E-state index in [1.54, 1.807) is 6.08 Å². The van der Waals surface area contributed by atoms with Gasteiger partial charge in [0.2, 0.25) is 5.91 Å². The SMILES string of the molecule is CCCCC/C=C\C/C=C\C/C=C\C/C=C\CCCC(=O)NC(COP(=O)([O-])OCC[N+](C)(C)C)C(/C=C\CCCCCCCCCCCC)OC(=O)CCCCC/C=C\CCCCCCCC. The van der Waals surface area contributed by atoms with Crippen molar-refractivity contribution in [3.8, 4) is 0 Å². The molecule has 0 aromatic carbocycles. The number of likely N-dealkylation sites (N-methyl/N-ethyl adjacent to an activating group) is 1. The molecule has 0 aliphatic heterocycles. The molecule has 0 aromatic rings. The van der Waals surface area contributed by atoms with Gasteiger partial charge in [-0.1, -0.05) is 197 Å². The summed E-state index contributed by atoms with van der Waals surface area (Å²) in [5.41, 5.74) is 0. The zero-order valence-corrected chi connectivity index (χ0v) is 45.7. The largest absolute Gasteiger partial charge is 0.756 e. The first-order valence-corrected chi connectivity index (χ1v) is 29.2. The Hall–Kier alpha value is -2.55. The van der Waals surface area contributed by atoms with Gasteiger partial charge in [-0.3, -0.25) is 14.2 Å². The number of rotatable bonds is 49. The summed E-state index contributed by atoms with van der Waals surface area (Å²) in [5, 5.41) is 2.98. The van der Waals surface area contributed by atoms with Gasteiger partial charge in [-0.2, -0.15) is 0 Å². The molecule has 0 aliphatic carbocycles. The van der Waals surface area contributed by atoms with Gasteiger partial charge in [0.05, 0.1) is 33.8 Å². The second kappa shape index (κ2) is 48.1. The van der Waals surface area contributed by atoms with Gasteiger partial charge >= 0.3 is 5.97 Å². The van der Waals surface area contributed by atoms with Crippen LogP contribution in [0.2, 0.25) is 0 Å². The normalized spacial score (nSPS) is 14.4. The predicted octanol–water partition coefficient (Wildman–Crippen LogP) is 15.9. The predicted molar refractivity (Wildman–Crippen MR) is 288 cm³/mol. The molecule has 10 heteroatoms. The molecule has 1 amide bonds. The third-order valence-electron chi connectivity index (χ3n) is 11.9. The number of phosphoric acid groups is 1. The van der Waals surface area contributed by atoms with Gasteiger partial charge in [-0.25, -0.2) is 0 Å². The molecule has 0 rings (SSSR count). The van der Waals surface area contributed by atoms with Gasteiger partial charge < -0.3 is 28.5 Å². The minimum absolute atomic E-state index is 0.0368. The molecule has 0 bridgehead atoms. The summed E-state index contributed by atoms with van der Waals surface area (Å²) in [6.45, 7) is 6.73. The number of esters is 1. The molecule has 0 fully saturated rings. The van der Waals surface area contributed by atoms with Gasteiger partial charge in [-0.05, 0) is 96.0 Å². The lowest BCUT2D eigenvalue weighted by Crippen LogP contribution is -2.47. The second-order valence-corrected chi connectivity index (χ2v) is 21.1. The van der Waals surface area contributed by atoms with Crippen molar-refractivity contribution in [1.29, 1.82) is 0 Å². The number of hydrogen-bond acceptors (Lipinski definition) is 7. The fourth-order valence-electron chi connectivity index (χ4n) is 7.51. The van der Waals surface area contributed by atoms with Crippen LogP contribution in [0.3, 0.4) is 0 Å². The minimum atomic E-state index is -4.71. The van der Waals surface area contributed by atoms with Crippen LogP contribution in [-0.4, -0.2) is 69.4 Å². The first-order valence-electron chi connectivity index (χ1n) is 27.7. The number of nitrogens with zero attached hydrogens (tertiary/aromatic N) is 1. The third-order valence-corrected chi connectivity index (χ3v) is 12.8. The molecule has 0 heterocycles. The number of amides is 1. The van der Waals surface area contributed by atoms with Crippen LogP contribution in [0.4, 0.5) is 0 Å². The number of nitrogens with one attached hydrogen (secondary N) is 1. The van der Waals surface area contributed by atoms with Crippen LogP contribution in [0.5, 0.6) is 0 Å². The van der Waals surface area contributed by atoms with Crippen LogP contribution in [0, 0.1) is 0 Å². The van der Waals surface area contributed by atoms with Crippen LogP contribution in [0.25, 0.3) is 0 Å². The number of carbonyl (C=O) groups is 2. The molecule has 394 valence electrons. The lowest BCUT2D eigenvalue weighted by Gasteiger charge is -2.30. The average Bonchev–Trinajstić information content (AvgIpc) is 3.29. The molecular weight excluding hydrogens is 868 g/mol. The first kappa shape index (κ1) is 65.5. The fraction of sp³-hybridized carbons (Fsp3) is 0.759. The van der Waals surface area contributed by atoms with E-state index in [0.29, 0.717) is 23.9 Å². The van der Waals surface area contributed by atoms with E-state index in [1.165, 1.54) is 116 Å². The van der Waals surface area contributed by atoms with Crippen molar-refractivity contribution in [2.24, 2.45) is 0 Å². The highest BCUT2D eigenvalue weighted by Crippen LogP contribution is 2.38. The van der Waals surface area contributed by atoms with Crippen LogP contribution < -0.4 is 10.2 Å². The number of phosphoric ester groups is 1. The van der Waals surface area contributed by atoms with Gasteiger partial charge in [-0.15, -0.1) is 0 Å². The molecule has 3 unspecified atom stereocenters. The highest BCUT2D eigenvalue weighted by Gasteiger charge is 2.27. The van der Waals surface area contributed by atoms with E-state index in [0.717, 1.165) is 70.6 Å². The molecule has 0 aliphatic rings. The Kier molecular flexibility index (Phi) is 46.3. The van der Waals surface area contributed by atoms with E-state index >= 15 is 0 Å². The van der Waals surface area contributed by atoms with Crippen molar-refractivity contribution in [1.82, 2.24) is 5.32 Å². The van der Waals surface area contributed by atoms with Crippen LogP contribution >= 0.6 is 7.82 Å². The first-order chi connectivity index (χ1) is 32.9. The Balaban J connectivity index is 5.50. The van der Waals surface area contributed by atoms with E-state index in [4.69, 9.17) is 13.8 Å². The molecule has 3 atom stereocenters. The van der Waals surface area contributed by atoms with E-state index in [-0.39, 0.29) is 31.3 Å². The van der Waals surface area contributed by atoms with Crippen molar-refractivity contribution in [2.75, 3.05) is 40.9 Å². The summed E-state index contributed by atoms with van der Waals surface area (Å²) >= 11 is 0. The van der Waals surface area contributed by atoms with Gasteiger partial charge in [0.1, 0.15) is 19.3 Å². The maximum atomic E-state index is 13.4. The standard InChI is InChI=1S/C58H105N2O7P/c1-7-10-13-16-19-22-25-28-29-30-31-33-35-38-41-44-47-50-57(61)59-55(54-66-68(63,64)65-53-52-60(4,5)6)56(49-46-43-40-37-34-27-24-21-18-15-12-9-3)67-58(62)51-48-45-42-39-36-32-26-23-20-17-14-11-8-2/h19,22,28-29,31-33,36,38,41,46,49,55-56H,7-18,20-21,23-27,30,34-35,37,39-40,42-45,47-48,50-54H2,1-6H3,(H-,59,61,63,64)/b22-19-,29-28-,33-31-,36-32-,41-38-,49-46-. The smallest absolute Gasteiger partial charge is 0.306 e. The van der Waals surface area contributed by atoms with E-state index in [2.05, 4.69) is 86.8 Å². The summed E-state index contributed by atoms with van der Waals surface area (Å²) in [6.07, 6.45) is 60.2. The lowest BCUT2D eigenvalue weighted by molar-refractivity contribution is -0.870. The van der Waals surface area contributed by atoms with Crippen molar-refractivity contribution < 1.29 is 37.3 Å². The maximum Gasteiger partial charge on any atom is 0.306 e. The molecule has 0 aromatic heterocycles. The Labute approximate surface area is 419 Å². The van der Waals surface area contributed by atoms with Crippen molar-refractivity contribution >= 4 is 19.7 Å². The maximum absolute atomic E-state index is 13.4. The van der Waals surface area contributed by atoms with Crippen LogP contribution in [-0.2, 0) is 27.9 Å². The lowest BCUT2D eigenvalue weighted by atomic mass is 10.1. The molecule has 68 heavy (non-hydrogen) atoms. The topological polar surface area (TPSA) is 114 Å². The van der Waals surface area contributed by atoms with Crippen LogP contribution in [0.15, 0.2) is 72.9 Å². The number of quaternary nitrogens is 1. The zero-order chi connectivity index (χ0) is 50.1. The number of carbonyl (C=O) groups excluding carboxylic acids is 2. The van der Waals surface area contributed by atoms with Crippen molar-refractivity contribution in [3.63, 3.8) is 0 Å². The molecule has 0 saturated carbocycles. The molecular formula is C58H105N2O7P. The second-order valence-electron chi connectivity index (χ2n) is 19.7. The van der Waals surface area contributed by atoms with Crippen LogP contribution in [0.1, 0.15) is 233 Å². The molecule has 9 nitrogen and oxygen atoms in total. The number of hydrogen-bond donors (Lipinski definition) is 1. The Morgan fingerprint density at radius 1 is 0.515 bits per heavy atom. The van der Waals surface area contributed by atoms with E-state index in [9.17, 15) is 19.0 Å². The van der Waals surface area contributed by atoms with Crippen molar-refractivity contribution in [2.45, 2.75) is 245 Å². The monoisotopic (exact) mass is 973 g/mol. The highest BCUT2D eigenvalue weighted by atomic mass is 31.2. The summed E-state index contributed by atoms with van der Waals surface area (Å²) in [5.74, 6) is -0.628. The van der Waals surface area contributed by atoms with Crippen molar-refractivity contribution in [3.05, 3.63) is 72.9 Å². The van der Waals surface area contributed by atoms with E-state index in [1.807, 2.05) is 27.2 Å². The van der Waals surface area contributed by atoms with Gasteiger partial charge in [0, 0.05) is 12.8 Å². The zero-order valence-electron chi connectivity index (χ0n) is 44.8. The summed E-state index contributed by atoms with van der Waals surface area (Å²) in [6, 6.07) is -0.923. The van der Waals surface area contributed by atoms with E-state index < -0.39 is 26.6 Å². The summed E-state index contributed by atoms with van der Waals surface area (Å²) in [4.78, 5) is 39.7. The molecule has 0 spiro atoms. The number of allylic oxidation sites excluding steroid dienone is 11. The molecule has 0 saturated heterocycles. The molecule has 1 N–H and O–H groups in total. The highest BCUT2D eigenvalue weighted by molar-refractivity contribution is 7.45. The Morgan fingerprint density at radius 3 is 1.41 bits per heavy atom. The fourth-order valence-corrected chi connectivity index (χ4v) is 8.23. The van der Waals surface area contributed by atoms with Gasteiger partial charge in [0.25, 0.3) is 7.82 Å². The van der Waals surface area contributed by atoms with Gasteiger partial charge in [0.15, 0.2) is 0 Å². The quantitative estimate of drug-likeness (QED) is 0.0212. The Bertz CT molecular complexity index is 1400. The molecule has 0 radical (unpaired) electrons. The third kappa shape index (κ3) is 48.5. The summed E-state index contributed by atoms with van der Waals surface area (Å²) in [7, 11) is 1.14. The summed E-state index contributed by atoms with van der Waals surface area (Å²) < 4.78 is 30.1. The average molecular weight is 973 g/mol. The minimum Gasteiger partial charge on any atom is -0.756 e.